The number of methoxy groups -OCH3 is 1. The Morgan fingerprint density at radius 2 is 1.74 bits per heavy atom. The molecule has 0 unspecified atom stereocenters. The van der Waals surface area contributed by atoms with Crippen molar-refractivity contribution >= 4 is 29.1 Å². The van der Waals surface area contributed by atoms with E-state index in [1.165, 1.54) is 18.2 Å². The predicted molar refractivity (Wildman–Crippen MR) is 157 cm³/mol. The summed E-state index contributed by atoms with van der Waals surface area (Å²) in [4.78, 5) is 30.4. The first-order valence-electron chi connectivity index (χ1n) is 13.3. The SMILES string of the molecule is COc1ccc2c(c1)C(c1ccc(Cl)cc1)=N[C@@H](CC(=O)NCCCNC(=O)c1ccc(O)c(O)c1)c1nnc(C)n1-2. The molecule has 3 aromatic carbocycles. The maximum atomic E-state index is 13.1. The molecule has 0 saturated carbocycles. The highest BCUT2D eigenvalue weighted by molar-refractivity contribution is 6.30. The minimum atomic E-state index is -0.628. The molecule has 0 aliphatic carbocycles. The number of aliphatic imine (C=N–C) groups is 1. The number of carbonyl (C=O) groups is 2. The zero-order valence-electron chi connectivity index (χ0n) is 23.0. The van der Waals surface area contributed by atoms with Crippen LogP contribution in [-0.4, -0.2) is 62.7 Å². The molecule has 2 amide bonds. The number of phenolic OH excluding ortho intramolecular Hbond substituents is 2. The minimum Gasteiger partial charge on any atom is -0.504 e. The van der Waals surface area contributed by atoms with Crippen LogP contribution in [0.3, 0.4) is 0 Å². The Bertz CT molecular complexity index is 1670. The molecular weight excluding hydrogens is 560 g/mol. The number of fused-ring (bicyclic) bond motifs is 3. The molecule has 4 aromatic rings. The van der Waals surface area contributed by atoms with Crippen LogP contribution in [0.2, 0.25) is 5.02 Å². The van der Waals surface area contributed by atoms with Gasteiger partial charge in [0.2, 0.25) is 5.91 Å². The molecule has 0 bridgehead atoms. The molecule has 0 spiro atoms. The van der Waals surface area contributed by atoms with E-state index in [2.05, 4.69) is 20.8 Å². The number of amides is 2. The fraction of sp³-hybridized carbons (Fsp3) is 0.233. The van der Waals surface area contributed by atoms with Crippen molar-refractivity contribution in [2.24, 2.45) is 4.99 Å². The summed E-state index contributed by atoms with van der Waals surface area (Å²) in [6.07, 6.45) is 0.505. The van der Waals surface area contributed by atoms with E-state index in [1.54, 1.807) is 19.2 Å². The van der Waals surface area contributed by atoms with Gasteiger partial charge in [-0.15, -0.1) is 10.2 Å². The van der Waals surface area contributed by atoms with Crippen molar-refractivity contribution in [2.75, 3.05) is 20.2 Å². The lowest BCUT2D eigenvalue weighted by molar-refractivity contribution is -0.121. The Kier molecular flexibility index (Phi) is 8.39. The van der Waals surface area contributed by atoms with E-state index in [9.17, 15) is 19.8 Å². The highest BCUT2D eigenvalue weighted by Gasteiger charge is 2.30. The molecule has 1 aromatic heterocycles. The molecule has 1 atom stereocenters. The topological polar surface area (TPSA) is 151 Å². The molecule has 42 heavy (non-hydrogen) atoms. The maximum absolute atomic E-state index is 13.1. The van der Waals surface area contributed by atoms with Crippen LogP contribution in [0.4, 0.5) is 0 Å². The molecule has 1 aliphatic heterocycles. The number of carbonyl (C=O) groups excluding carboxylic acids is 2. The Morgan fingerprint density at radius 1 is 0.976 bits per heavy atom. The van der Waals surface area contributed by atoms with Crippen molar-refractivity contribution in [3.05, 3.63) is 94.0 Å². The van der Waals surface area contributed by atoms with Gasteiger partial charge < -0.3 is 25.6 Å². The molecule has 12 heteroatoms. The number of hydrogen-bond acceptors (Lipinski definition) is 8. The quantitative estimate of drug-likeness (QED) is 0.171. The van der Waals surface area contributed by atoms with Crippen molar-refractivity contribution < 1.29 is 24.5 Å². The number of aryl methyl sites for hydroxylation is 1. The minimum absolute atomic E-state index is 0.0273. The fourth-order valence-electron chi connectivity index (χ4n) is 4.71. The third-order valence-electron chi connectivity index (χ3n) is 6.83. The molecule has 2 heterocycles. The smallest absolute Gasteiger partial charge is 0.251 e. The molecule has 4 N–H and O–H groups in total. The van der Waals surface area contributed by atoms with Crippen LogP contribution in [0.1, 0.15) is 52.0 Å². The second-order valence-electron chi connectivity index (χ2n) is 9.69. The van der Waals surface area contributed by atoms with Crippen LogP contribution < -0.4 is 15.4 Å². The number of benzene rings is 3. The first kappa shape index (κ1) is 28.6. The molecule has 0 radical (unpaired) electrons. The lowest BCUT2D eigenvalue weighted by Crippen LogP contribution is -2.30. The maximum Gasteiger partial charge on any atom is 0.251 e. The first-order valence-corrected chi connectivity index (χ1v) is 13.6. The summed E-state index contributed by atoms with van der Waals surface area (Å²) in [5, 5.41) is 33.9. The van der Waals surface area contributed by atoms with E-state index in [4.69, 9.17) is 21.3 Å². The third-order valence-corrected chi connectivity index (χ3v) is 7.08. The zero-order chi connectivity index (χ0) is 29.8. The van der Waals surface area contributed by atoms with Gasteiger partial charge in [0, 0.05) is 34.8 Å². The predicted octanol–water partition coefficient (Wildman–Crippen LogP) is 3.87. The van der Waals surface area contributed by atoms with Gasteiger partial charge in [0.15, 0.2) is 17.3 Å². The fourth-order valence-corrected chi connectivity index (χ4v) is 4.84. The summed E-state index contributed by atoms with van der Waals surface area (Å²) in [6, 6.07) is 16.3. The summed E-state index contributed by atoms with van der Waals surface area (Å²) in [7, 11) is 1.60. The van der Waals surface area contributed by atoms with Crippen LogP contribution in [0.25, 0.3) is 5.69 Å². The third kappa shape index (κ3) is 6.06. The Labute approximate surface area is 246 Å². The number of halogens is 1. The molecule has 0 saturated heterocycles. The number of nitrogens with one attached hydrogen (secondary N) is 2. The number of rotatable bonds is 9. The average molecular weight is 589 g/mol. The number of aromatic nitrogens is 3. The summed E-state index contributed by atoms with van der Waals surface area (Å²) < 4.78 is 7.41. The molecule has 1 aliphatic rings. The van der Waals surface area contributed by atoms with Crippen molar-refractivity contribution in [1.82, 2.24) is 25.4 Å². The van der Waals surface area contributed by atoms with E-state index >= 15 is 0 Å². The van der Waals surface area contributed by atoms with Gasteiger partial charge >= 0.3 is 0 Å². The zero-order valence-corrected chi connectivity index (χ0v) is 23.7. The van der Waals surface area contributed by atoms with Crippen molar-refractivity contribution in [3.8, 4) is 22.9 Å². The van der Waals surface area contributed by atoms with Crippen LogP contribution >= 0.6 is 11.6 Å². The number of hydrogen-bond donors (Lipinski definition) is 4. The standard InChI is InChI=1S/C30H29ClN6O5/c1-17-35-36-29-23(16-27(40)32-12-3-13-33-30(41)19-6-11-25(38)26(39)14-19)34-28(18-4-7-20(31)8-5-18)22-15-21(42-2)9-10-24(22)37(17)29/h4-11,14-15,23,38-39H,3,12-13,16H2,1-2H3,(H,32,40)(H,33,41)/t23-/m0/s1. The number of ether oxygens (including phenoxy) is 1. The molecular formula is C30H29ClN6O5. The largest absolute Gasteiger partial charge is 0.504 e. The lowest BCUT2D eigenvalue weighted by Gasteiger charge is -2.14. The lowest BCUT2D eigenvalue weighted by atomic mass is 10.00. The van der Waals surface area contributed by atoms with Gasteiger partial charge in [-0.2, -0.15) is 0 Å². The summed E-state index contributed by atoms with van der Waals surface area (Å²) in [5.74, 6) is 0.561. The van der Waals surface area contributed by atoms with Crippen LogP contribution in [0, 0.1) is 6.92 Å². The second kappa shape index (κ2) is 12.3. The normalized spacial score (nSPS) is 13.8. The first-order chi connectivity index (χ1) is 20.2. The molecule has 216 valence electrons. The van der Waals surface area contributed by atoms with Gasteiger partial charge in [0.25, 0.3) is 5.91 Å². The average Bonchev–Trinajstić information content (AvgIpc) is 3.31. The van der Waals surface area contributed by atoms with Gasteiger partial charge in [-0.05, 0) is 61.9 Å². The van der Waals surface area contributed by atoms with E-state index in [0.29, 0.717) is 47.6 Å². The molecule has 0 fully saturated rings. The monoisotopic (exact) mass is 588 g/mol. The number of nitrogens with zero attached hydrogens (tertiary/aromatic N) is 4. The van der Waals surface area contributed by atoms with Gasteiger partial charge in [-0.3, -0.25) is 19.1 Å². The van der Waals surface area contributed by atoms with E-state index in [1.807, 2.05) is 41.8 Å². The van der Waals surface area contributed by atoms with Gasteiger partial charge in [-0.1, -0.05) is 23.7 Å². The van der Waals surface area contributed by atoms with E-state index in [0.717, 1.165) is 16.8 Å². The van der Waals surface area contributed by atoms with Crippen molar-refractivity contribution in [2.45, 2.75) is 25.8 Å². The second-order valence-corrected chi connectivity index (χ2v) is 10.1. The van der Waals surface area contributed by atoms with Crippen LogP contribution in [-0.2, 0) is 4.79 Å². The summed E-state index contributed by atoms with van der Waals surface area (Å²) >= 11 is 6.16. The van der Waals surface area contributed by atoms with E-state index in [-0.39, 0.29) is 29.4 Å². The van der Waals surface area contributed by atoms with Gasteiger partial charge in [0.05, 0.1) is 24.9 Å². The Balaban J connectivity index is 1.31. The Morgan fingerprint density at radius 3 is 2.48 bits per heavy atom. The van der Waals surface area contributed by atoms with Gasteiger partial charge in [-0.25, -0.2) is 0 Å². The van der Waals surface area contributed by atoms with Gasteiger partial charge in [0.1, 0.15) is 17.6 Å². The van der Waals surface area contributed by atoms with E-state index < -0.39 is 11.9 Å². The number of aromatic hydroxyl groups is 2. The molecule has 5 rings (SSSR count). The Hall–Kier alpha value is -4.90. The highest BCUT2D eigenvalue weighted by atomic mass is 35.5. The molecule has 11 nitrogen and oxygen atoms in total. The highest BCUT2D eigenvalue weighted by Crippen LogP contribution is 2.34. The number of phenols is 2. The van der Waals surface area contributed by atoms with Crippen LogP contribution in [0.15, 0.2) is 65.7 Å². The summed E-state index contributed by atoms with van der Waals surface area (Å²) in [5.41, 5.74) is 3.35. The van der Waals surface area contributed by atoms with Crippen LogP contribution in [0.5, 0.6) is 17.2 Å². The van der Waals surface area contributed by atoms with Crippen molar-refractivity contribution in [3.63, 3.8) is 0 Å². The summed E-state index contributed by atoms with van der Waals surface area (Å²) in [6.45, 7) is 2.47. The van der Waals surface area contributed by atoms with Crippen molar-refractivity contribution in [1.29, 1.82) is 0 Å².